The van der Waals surface area contributed by atoms with Gasteiger partial charge in [0, 0.05) is 36.1 Å². The Labute approximate surface area is 158 Å². The molecule has 3 heterocycles. The number of pyridine rings is 2. The lowest BCUT2D eigenvalue weighted by Crippen LogP contribution is -2.32. The molecule has 2 fully saturated rings. The van der Waals surface area contributed by atoms with Crippen LogP contribution >= 0.6 is 0 Å². The average Bonchev–Trinajstić information content (AvgIpc) is 3.11. The number of H-pyrrole nitrogens is 1. The molecule has 2 aliphatic rings. The van der Waals surface area contributed by atoms with Crippen molar-refractivity contribution in [2.24, 2.45) is 11.8 Å². The number of likely N-dealkylation sites (tertiary alicyclic amines) is 1. The molecule has 2 aromatic heterocycles. The molecule has 0 bridgehead atoms. The molecule has 8 heteroatoms. The molecule has 2 N–H and O–H groups in total. The molecule has 0 radical (unpaired) electrons. The van der Waals surface area contributed by atoms with Crippen molar-refractivity contribution in [3.05, 3.63) is 46.6 Å². The third-order valence-electron chi connectivity index (χ3n) is 5.74. The molecule has 0 spiro atoms. The Kier molecular flexibility index (Phi) is 3.67. The fraction of sp³-hybridized carbons (Fsp3) is 0.300. The van der Waals surface area contributed by atoms with Crippen LogP contribution in [0.15, 0.2) is 35.3 Å². The van der Waals surface area contributed by atoms with E-state index in [4.69, 9.17) is 5.26 Å². The number of fused-ring (bicyclic) bond motifs is 4. The Hall–Kier alpha value is -3.31. The number of nitrogens with one attached hydrogen (secondary N) is 2. The molecule has 1 unspecified atom stereocenters. The zero-order valence-corrected chi connectivity index (χ0v) is 14.8. The first-order valence-electron chi connectivity index (χ1n) is 9.07. The summed E-state index contributed by atoms with van der Waals surface area (Å²) in [6.07, 6.45) is 1.53. The summed E-state index contributed by atoms with van der Waals surface area (Å²) in [6, 6.07) is 7.94. The maximum atomic E-state index is 13.9. The number of carbonyl (C=O) groups excluding carboxylic acids is 1. The van der Waals surface area contributed by atoms with Gasteiger partial charge in [0.05, 0.1) is 17.4 Å². The van der Waals surface area contributed by atoms with Crippen molar-refractivity contribution < 1.29 is 9.18 Å². The van der Waals surface area contributed by atoms with E-state index in [0.717, 1.165) is 13.1 Å². The van der Waals surface area contributed by atoms with Crippen LogP contribution in [0.4, 0.5) is 10.2 Å². The van der Waals surface area contributed by atoms with Crippen molar-refractivity contribution in [3.8, 4) is 6.07 Å². The van der Waals surface area contributed by atoms with Gasteiger partial charge in [0.15, 0.2) is 0 Å². The number of anilines is 1. The van der Waals surface area contributed by atoms with Crippen molar-refractivity contribution in [3.63, 3.8) is 0 Å². The van der Waals surface area contributed by atoms with Gasteiger partial charge in [-0.1, -0.05) is 0 Å². The molecule has 1 aromatic carbocycles. The van der Waals surface area contributed by atoms with Crippen LogP contribution in [0.2, 0.25) is 0 Å². The van der Waals surface area contributed by atoms with Gasteiger partial charge in [-0.3, -0.25) is 14.5 Å². The number of carbonyl (C=O) groups is 1. The Morgan fingerprint density at radius 1 is 1.32 bits per heavy atom. The first kappa shape index (κ1) is 16.8. The van der Waals surface area contributed by atoms with Crippen LogP contribution < -0.4 is 10.9 Å². The normalized spacial score (nSPS) is 23.5. The van der Waals surface area contributed by atoms with Crippen LogP contribution in [0.5, 0.6) is 0 Å². The Bertz CT molecular complexity index is 1220. The SMILES string of the molecule is N#CC(=O)CN1C[C@@H]2C(Nc3nc4cc[nH]c(=O)c4c4cc(F)ccc34)[C@@H]2C1. The van der Waals surface area contributed by atoms with Crippen LogP contribution in [0.1, 0.15) is 0 Å². The van der Waals surface area contributed by atoms with Crippen molar-refractivity contribution in [1.82, 2.24) is 14.9 Å². The van der Waals surface area contributed by atoms with Gasteiger partial charge < -0.3 is 10.3 Å². The maximum absolute atomic E-state index is 13.9. The van der Waals surface area contributed by atoms with Crippen LogP contribution in [0.3, 0.4) is 0 Å². The molecule has 1 saturated carbocycles. The van der Waals surface area contributed by atoms with Crippen LogP contribution in [0.25, 0.3) is 21.7 Å². The predicted molar refractivity (Wildman–Crippen MR) is 101 cm³/mol. The molecule has 1 aliphatic heterocycles. The summed E-state index contributed by atoms with van der Waals surface area (Å²) in [4.78, 5) is 32.8. The van der Waals surface area contributed by atoms with Crippen LogP contribution in [0, 0.1) is 29.0 Å². The predicted octanol–water partition coefficient (Wildman–Crippen LogP) is 1.65. The number of Topliss-reactive ketones (excluding diaryl/α,β-unsaturated/α-hetero) is 1. The van der Waals surface area contributed by atoms with Gasteiger partial charge in [-0.05, 0) is 36.1 Å². The van der Waals surface area contributed by atoms with Gasteiger partial charge in [-0.15, -0.1) is 0 Å². The molecule has 3 atom stereocenters. The lowest BCUT2D eigenvalue weighted by molar-refractivity contribution is -0.114. The molecule has 0 amide bonds. The minimum atomic E-state index is -0.416. The monoisotopic (exact) mass is 377 g/mol. The van der Waals surface area contributed by atoms with Gasteiger partial charge >= 0.3 is 0 Å². The minimum absolute atomic E-state index is 0.176. The fourth-order valence-corrected chi connectivity index (χ4v) is 4.40. The highest BCUT2D eigenvalue weighted by Crippen LogP contribution is 2.47. The van der Waals surface area contributed by atoms with E-state index >= 15 is 0 Å². The first-order chi connectivity index (χ1) is 13.5. The summed E-state index contributed by atoms with van der Waals surface area (Å²) in [6.45, 7) is 1.69. The summed E-state index contributed by atoms with van der Waals surface area (Å²) in [5.41, 5.74) is 0.213. The van der Waals surface area contributed by atoms with E-state index in [-0.39, 0.29) is 18.1 Å². The zero-order valence-electron chi connectivity index (χ0n) is 14.8. The minimum Gasteiger partial charge on any atom is -0.366 e. The molecular formula is C20H16FN5O2. The molecule has 140 valence electrons. The van der Waals surface area contributed by atoms with Crippen LogP contribution in [-0.2, 0) is 4.79 Å². The third kappa shape index (κ3) is 2.63. The summed E-state index contributed by atoms with van der Waals surface area (Å²) >= 11 is 0. The Balaban J connectivity index is 1.46. The quantitative estimate of drug-likeness (QED) is 0.530. The number of hydrogen-bond donors (Lipinski definition) is 2. The number of nitrogens with zero attached hydrogens (tertiary/aromatic N) is 3. The highest BCUT2D eigenvalue weighted by atomic mass is 19.1. The number of hydrogen-bond acceptors (Lipinski definition) is 6. The molecule has 1 aliphatic carbocycles. The lowest BCUT2D eigenvalue weighted by Gasteiger charge is -2.18. The molecule has 5 rings (SSSR count). The van der Waals surface area contributed by atoms with Crippen molar-refractivity contribution in [2.75, 3.05) is 25.0 Å². The molecular weight excluding hydrogens is 361 g/mol. The van der Waals surface area contributed by atoms with E-state index in [1.54, 1.807) is 18.2 Å². The topological polar surface area (TPSA) is 102 Å². The Morgan fingerprint density at radius 3 is 2.86 bits per heavy atom. The number of halogens is 1. The molecule has 28 heavy (non-hydrogen) atoms. The summed E-state index contributed by atoms with van der Waals surface area (Å²) < 4.78 is 13.9. The second-order valence-electron chi connectivity index (χ2n) is 7.44. The van der Waals surface area contributed by atoms with E-state index < -0.39 is 11.6 Å². The van der Waals surface area contributed by atoms with Gasteiger partial charge in [0.25, 0.3) is 5.56 Å². The second-order valence-corrected chi connectivity index (χ2v) is 7.44. The van der Waals surface area contributed by atoms with Crippen molar-refractivity contribution >= 4 is 33.3 Å². The van der Waals surface area contributed by atoms with Crippen LogP contribution in [-0.4, -0.2) is 46.3 Å². The number of aromatic nitrogens is 2. The molecule has 3 aromatic rings. The van der Waals surface area contributed by atoms with E-state index in [9.17, 15) is 14.0 Å². The van der Waals surface area contributed by atoms with E-state index in [1.807, 2.05) is 4.90 Å². The third-order valence-corrected chi connectivity index (χ3v) is 5.74. The van der Waals surface area contributed by atoms with E-state index in [1.165, 1.54) is 18.3 Å². The largest absolute Gasteiger partial charge is 0.366 e. The fourth-order valence-electron chi connectivity index (χ4n) is 4.40. The number of nitriles is 1. The second kappa shape index (κ2) is 6.11. The van der Waals surface area contributed by atoms with Gasteiger partial charge in [-0.2, -0.15) is 5.26 Å². The Morgan fingerprint density at radius 2 is 2.11 bits per heavy atom. The van der Waals surface area contributed by atoms with Gasteiger partial charge in [-0.25, -0.2) is 9.37 Å². The first-order valence-corrected chi connectivity index (χ1v) is 9.07. The maximum Gasteiger partial charge on any atom is 0.258 e. The summed E-state index contributed by atoms with van der Waals surface area (Å²) in [5, 5.41) is 13.7. The van der Waals surface area contributed by atoms with Crippen molar-refractivity contribution in [1.29, 1.82) is 5.26 Å². The smallest absolute Gasteiger partial charge is 0.258 e. The van der Waals surface area contributed by atoms with E-state index in [2.05, 4.69) is 15.3 Å². The summed E-state index contributed by atoms with van der Waals surface area (Å²) in [5.74, 6) is 0.583. The number of rotatable bonds is 4. The standard InChI is InChI=1S/C20H16FN5O2/c21-10-1-2-12-13(5-10)17-16(3-4-23-20(17)28)24-19(12)25-18-14-8-26(9-15(14)18)7-11(27)6-22/h1-5,14-15,18H,7-9H2,(H,23,28)(H,24,25)/t14-,15+,18?. The van der Waals surface area contributed by atoms with Crippen molar-refractivity contribution in [2.45, 2.75) is 6.04 Å². The van der Waals surface area contributed by atoms with E-state index in [0.29, 0.717) is 39.3 Å². The molecule has 1 saturated heterocycles. The number of aromatic amines is 1. The highest BCUT2D eigenvalue weighted by molar-refractivity contribution is 6.09. The summed E-state index contributed by atoms with van der Waals surface area (Å²) in [7, 11) is 0. The zero-order chi connectivity index (χ0) is 19.4. The average molecular weight is 377 g/mol. The molecule has 7 nitrogen and oxygen atoms in total. The highest BCUT2D eigenvalue weighted by Gasteiger charge is 2.56. The number of ketones is 1. The number of piperidine rings is 1. The number of benzene rings is 1. The van der Waals surface area contributed by atoms with Gasteiger partial charge in [0.1, 0.15) is 17.7 Å². The lowest BCUT2D eigenvalue weighted by atomic mass is 10.1. The van der Waals surface area contributed by atoms with Gasteiger partial charge in [0.2, 0.25) is 5.78 Å².